The van der Waals surface area contributed by atoms with Crippen molar-refractivity contribution in [1.82, 2.24) is 5.32 Å². The fourth-order valence-corrected chi connectivity index (χ4v) is 2.59. The molecule has 0 aromatic heterocycles. The third-order valence-corrected chi connectivity index (χ3v) is 4.15. The average Bonchev–Trinajstić information content (AvgIpc) is 2.98. The standard InChI is InChI=1S/C18H19N3O2/c1-12-4-3-5-16(13(12)2)20-17(22)14-6-8-15(9-7-14)21-11-10-19-18(21)23/h3-9H,10-11H2,1-2H3,(H,19,23)(H,20,22). The second-order valence-electron chi connectivity index (χ2n) is 5.63. The van der Waals surface area contributed by atoms with Crippen LogP contribution in [0.4, 0.5) is 16.2 Å². The molecule has 2 aromatic carbocycles. The van der Waals surface area contributed by atoms with E-state index in [9.17, 15) is 9.59 Å². The summed E-state index contributed by atoms with van der Waals surface area (Å²) in [5.41, 5.74) is 4.37. The van der Waals surface area contributed by atoms with Crippen LogP contribution in [0.15, 0.2) is 42.5 Å². The number of hydrogen-bond donors (Lipinski definition) is 2. The molecule has 1 aliphatic heterocycles. The maximum atomic E-state index is 12.4. The molecule has 0 bridgehead atoms. The van der Waals surface area contributed by atoms with Crippen molar-refractivity contribution in [2.24, 2.45) is 0 Å². The molecule has 118 valence electrons. The van der Waals surface area contributed by atoms with Crippen molar-refractivity contribution in [2.75, 3.05) is 23.3 Å². The number of anilines is 2. The molecule has 1 fully saturated rings. The Morgan fingerprint density at radius 2 is 1.87 bits per heavy atom. The van der Waals surface area contributed by atoms with Gasteiger partial charge in [0.05, 0.1) is 0 Å². The van der Waals surface area contributed by atoms with Gasteiger partial charge in [-0.15, -0.1) is 0 Å². The highest BCUT2D eigenvalue weighted by Gasteiger charge is 2.21. The van der Waals surface area contributed by atoms with E-state index in [4.69, 9.17) is 0 Å². The molecule has 0 radical (unpaired) electrons. The first kappa shape index (κ1) is 15.1. The number of hydrogen-bond acceptors (Lipinski definition) is 2. The summed E-state index contributed by atoms with van der Waals surface area (Å²) in [5.74, 6) is -0.156. The van der Waals surface area contributed by atoms with Crippen molar-refractivity contribution >= 4 is 23.3 Å². The molecule has 1 heterocycles. The van der Waals surface area contributed by atoms with Crippen LogP contribution >= 0.6 is 0 Å². The first-order valence-corrected chi connectivity index (χ1v) is 7.59. The van der Waals surface area contributed by atoms with Gasteiger partial charge in [0.1, 0.15) is 0 Å². The van der Waals surface area contributed by atoms with E-state index in [1.807, 2.05) is 32.0 Å². The molecule has 0 spiro atoms. The molecular weight excluding hydrogens is 290 g/mol. The van der Waals surface area contributed by atoms with Gasteiger partial charge in [0.15, 0.2) is 0 Å². The fourth-order valence-electron chi connectivity index (χ4n) is 2.59. The van der Waals surface area contributed by atoms with Crippen LogP contribution in [0.2, 0.25) is 0 Å². The Kier molecular flexibility index (Phi) is 4.02. The van der Waals surface area contributed by atoms with E-state index in [-0.39, 0.29) is 11.9 Å². The van der Waals surface area contributed by atoms with Gasteiger partial charge in [-0.05, 0) is 55.3 Å². The van der Waals surface area contributed by atoms with Crippen LogP contribution in [0, 0.1) is 13.8 Å². The van der Waals surface area contributed by atoms with E-state index in [2.05, 4.69) is 10.6 Å². The van der Waals surface area contributed by atoms with Gasteiger partial charge in [-0.3, -0.25) is 9.69 Å². The number of urea groups is 1. The second-order valence-corrected chi connectivity index (χ2v) is 5.63. The van der Waals surface area contributed by atoms with E-state index >= 15 is 0 Å². The van der Waals surface area contributed by atoms with Crippen LogP contribution in [0.25, 0.3) is 0 Å². The maximum Gasteiger partial charge on any atom is 0.321 e. The predicted molar refractivity (Wildman–Crippen MR) is 91.1 cm³/mol. The van der Waals surface area contributed by atoms with E-state index in [0.29, 0.717) is 18.7 Å². The molecule has 0 saturated carbocycles. The second kappa shape index (κ2) is 6.12. The first-order chi connectivity index (χ1) is 11.1. The van der Waals surface area contributed by atoms with Crippen LogP contribution in [0.3, 0.4) is 0 Å². The molecular formula is C18H19N3O2. The number of amides is 3. The van der Waals surface area contributed by atoms with Crippen molar-refractivity contribution in [3.8, 4) is 0 Å². The number of nitrogens with zero attached hydrogens (tertiary/aromatic N) is 1. The van der Waals surface area contributed by atoms with Gasteiger partial charge in [-0.2, -0.15) is 0 Å². The van der Waals surface area contributed by atoms with E-state index in [0.717, 1.165) is 22.5 Å². The van der Waals surface area contributed by atoms with Crippen LogP contribution in [-0.4, -0.2) is 25.0 Å². The predicted octanol–water partition coefficient (Wildman–Crippen LogP) is 3.09. The zero-order chi connectivity index (χ0) is 16.4. The molecule has 1 saturated heterocycles. The van der Waals surface area contributed by atoms with Crippen LogP contribution in [0.5, 0.6) is 0 Å². The number of benzene rings is 2. The Bertz CT molecular complexity index is 753. The van der Waals surface area contributed by atoms with Gasteiger partial charge in [0, 0.05) is 30.0 Å². The fraction of sp³-hybridized carbons (Fsp3) is 0.222. The minimum atomic E-state index is -0.156. The van der Waals surface area contributed by atoms with Crippen molar-refractivity contribution in [3.05, 3.63) is 59.2 Å². The van der Waals surface area contributed by atoms with Crippen molar-refractivity contribution < 1.29 is 9.59 Å². The number of aryl methyl sites for hydroxylation is 1. The summed E-state index contributed by atoms with van der Waals surface area (Å²) in [5, 5.41) is 5.69. The molecule has 3 amide bonds. The lowest BCUT2D eigenvalue weighted by atomic mass is 10.1. The summed E-state index contributed by atoms with van der Waals surface area (Å²) in [6.45, 7) is 5.29. The van der Waals surface area contributed by atoms with Gasteiger partial charge in [-0.25, -0.2) is 4.79 Å². The highest BCUT2D eigenvalue weighted by atomic mass is 16.2. The van der Waals surface area contributed by atoms with E-state index in [1.54, 1.807) is 29.2 Å². The van der Waals surface area contributed by atoms with Crippen molar-refractivity contribution in [2.45, 2.75) is 13.8 Å². The smallest absolute Gasteiger partial charge is 0.321 e. The first-order valence-electron chi connectivity index (χ1n) is 7.59. The van der Waals surface area contributed by atoms with Gasteiger partial charge < -0.3 is 10.6 Å². The highest BCUT2D eigenvalue weighted by Crippen LogP contribution is 2.20. The summed E-state index contributed by atoms with van der Waals surface area (Å²) in [4.78, 5) is 25.7. The Hall–Kier alpha value is -2.82. The summed E-state index contributed by atoms with van der Waals surface area (Å²) < 4.78 is 0. The third kappa shape index (κ3) is 3.04. The Balaban J connectivity index is 1.75. The molecule has 0 aliphatic carbocycles. The lowest BCUT2D eigenvalue weighted by molar-refractivity contribution is 0.102. The van der Waals surface area contributed by atoms with Gasteiger partial charge >= 0.3 is 6.03 Å². The number of rotatable bonds is 3. The van der Waals surface area contributed by atoms with Crippen molar-refractivity contribution in [3.63, 3.8) is 0 Å². The normalized spacial score (nSPS) is 13.8. The van der Waals surface area contributed by atoms with Gasteiger partial charge in [-0.1, -0.05) is 12.1 Å². The lowest BCUT2D eigenvalue weighted by Crippen LogP contribution is -2.27. The average molecular weight is 309 g/mol. The molecule has 1 aliphatic rings. The number of carbonyl (C=O) groups excluding carboxylic acids is 2. The lowest BCUT2D eigenvalue weighted by Gasteiger charge is -2.15. The Morgan fingerprint density at radius 3 is 2.52 bits per heavy atom. The summed E-state index contributed by atoms with van der Waals surface area (Å²) in [6.07, 6.45) is 0. The zero-order valence-electron chi connectivity index (χ0n) is 13.2. The van der Waals surface area contributed by atoms with Crippen LogP contribution in [0.1, 0.15) is 21.5 Å². The van der Waals surface area contributed by atoms with Crippen LogP contribution < -0.4 is 15.5 Å². The quantitative estimate of drug-likeness (QED) is 0.915. The Labute approximate surface area is 135 Å². The summed E-state index contributed by atoms with van der Waals surface area (Å²) >= 11 is 0. The molecule has 5 nitrogen and oxygen atoms in total. The minimum absolute atomic E-state index is 0.0995. The Morgan fingerprint density at radius 1 is 1.13 bits per heavy atom. The third-order valence-electron chi connectivity index (χ3n) is 4.15. The molecule has 5 heteroatoms. The molecule has 0 unspecified atom stereocenters. The minimum Gasteiger partial charge on any atom is -0.336 e. The monoisotopic (exact) mass is 309 g/mol. The molecule has 23 heavy (non-hydrogen) atoms. The molecule has 3 rings (SSSR count). The molecule has 2 aromatic rings. The van der Waals surface area contributed by atoms with Gasteiger partial charge in [0.2, 0.25) is 0 Å². The zero-order valence-corrected chi connectivity index (χ0v) is 13.2. The topological polar surface area (TPSA) is 61.4 Å². The molecule has 0 atom stereocenters. The SMILES string of the molecule is Cc1cccc(NC(=O)c2ccc(N3CCNC3=O)cc2)c1C. The maximum absolute atomic E-state index is 12.4. The van der Waals surface area contributed by atoms with E-state index in [1.165, 1.54) is 0 Å². The summed E-state index contributed by atoms with van der Waals surface area (Å²) in [6, 6.07) is 12.8. The number of nitrogens with one attached hydrogen (secondary N) is 2. The van der Waals surface area contributed by atoms with Gasteiger partial charge in [0.25, 0.3) is 5.91 Å². The highest BCUT2D eigenvalue weighted by molar-refractivity contribution is 6.05. The summed E-state index contributed by atoms with van der Waals surface area (Å²) in [7, 11) is 0. The van der Waals surface area contributed by atoms with E-state index < -0.39 is 0 Å². The largest absolute Gasteiger partial charge is 0.336 e. The van der Waals surface area contributed by atoms with Crippen molar-refractivity contribution in [1.29, 1.82) is 0 Å². The van der Waals surface area contributed by atoms with Crippen LogP contribution in [-0.2, 0) is 0 Å². The molecule has 2 N–H and O–H groups in total. The number of carbonyl (C=O) groups is 2.